The Hall–Kier alpha value is -1.19. The normalized spacial score (nSPS) is 41.5. The summed E-state index contributed by atoms with van der Waals surface area (Å²) in [6.45, 7) is 11.0. The molecule has 0 spiro atoms. The van der Waals surface area contributed by atoms with E-state index in [0.717, 1.165) is 57.8 Å². The van der Waals surface area contributed by atoms with Crippen molar-refractivity contribution in [3.8, 4) is 0 Å². The number of hydrogen-bond acceptors (Lipinski definition) is 6. The fraction of sp³-hybridized carbons (Fsp3) is 0.933. The van der Waals surface area contributed by atoms with E-state index in [1.165, 1.54) is 7.05 Å². The molecule has 0 aromatic carbocycles. The van der Waals surface area contributed by atoms with E-state index < -0.39 is 16.1 Å². The summed E-state index contributed by atoms with van der Waals surface area (Å²) in [5.74, 6) is 1.79. The lowest BCUT2D eigenvalue weighted by molar-refractivity contribution is -0.184. The van der Waals surface area contributed by atoms with Gasteiger partial charge in [0.25, 0.3) is 0 Å². The number of carbonyl (C=O) groups is 2. The first-order valence-electron chi connectivity index (χ1n) is 15.4. The van der Waals surface area contributed by atoms with Crippen molar-refractivity contribution in [3.63, 3.8) is 0 Å². The van der Waals surface area contributed by atoms with Gasteiger partial charge in [-0.2, -0.15) is 8.42 Å². The number of amides is 1. The molecule has 4 aliphatic rings. The van der Waals surface area contributed by atoms with E-state index in [2.05, 4.69) is 30.2 Å². The highest BCUT2D eigenvalue weighted by Gasteiger charge is 2.63. The van der Waals surface area contributed by atoms with E-state index in [1.807, 2.05) is 13.8 Å². The molecule has 0 aliphatic heterocycles. The van der Waals surface area contributed by atoms with Gasteiger partial charge in [-0.1, -0.05) is 34.6 Å². The molecular formula is C30H52N2O6S. The van der Waals surface area contributed by atoms with Gasteiger partial charge in [0, 0.05) is 13.5 Å². The van der Waals surface area contributed by atoms with Crippen LogP contribution in [0.15, 0.2) is 0 Å². The molecule has 0 aromatic rings. The summed E-state index contributed by atoms with van der Waals surface area (Å²) in [7, 11) is -2.49. The lowest BCUT2D eigenvalue weighted by Gasteiger charge is -2.62. The van der Waals surface area contributed by atoms with Gasteiger partial charge in [-0.05, 0) is 111 Å². The molecule has 4 saturated carbocycles. The smallest absolute Gasteiger partial charge is 0.308 e. The molecule has 0 heterocycles. The summed E-state index contributed by atoms with van der Waals surface area (Å²) in [4.78, 5) is 24.7. The van der Waals surface area contributed by atoms with Gasteiger partial charge in [-0.15, -0.1) is 0 Å². The van der Waals surface area contributed by atoms with E-state index in [9.17, 15) is 23.1 Å². The van der Waals surface area contributed by atoms with Crippen LogP contribution in [0.3, 0.4) is 0 Å². The molecule has 1 amide bonds. The first-order valence-corrected chi connectivity index (χ1v) is 16.9. The maximum Gasteiger partial charge on any atom is 0.308 e. The molecule has 4 aliphatic carbocycles. The number of hydrogen-bond donors (Lipinski definition) is 3. The van der Waals surface area contributed by atoms with E-state index >= 15 is 0 Å². The van der Waals surface area contributed by atoms with Crippen LogP contribution in [0.2, 0.25) is 0 Å². The van der Waals surface area contributed by atoms with Crippen LogP contribution in [0.5, 0.6) is 0 Å². The number of aliphatic hydroxyl groups is 1. The Labute approximate surface area is 236 Å². The van der Waals surface area contributed by atoms with Crippen LogP contribution in [0, 0.1) is 52.3 Å². The second-order valence-electron chi connectivity index (χ2n) is 13.9. The summed E-state index contributed by atoms with van der Waals surface area (Å²) in [6.07, 6.45) is 9.38. The number of nitrogens with one attached hydrogen (secondary N) is 2. The average Bonchev–Trinajstić information content (AvgIpc) is 3.24. The predicted molar refractivity (Wildman–Crippen MR) is 150 cm³/mol. The van der Waals surface area contributed by atoms with Crippen LogP contribution in [-0.2, 0) is 24.5 Å². The summed E-state index contributed by atoms with van der Waals surface area (Å²) in [5.41, 5.74) is 0.298. The largest absolute Gasteiger partial charge is 0.462 e. The molecule has 11 atom stereocenters. The highest BCUT2D eigenvalue weighted by atomic mass is 32.2. The molecule has 0 saturated heterocycles. The summed E-state index contributed by atoms with van der Waals surface area (Å²) in [6, 6.07) is 0. The summed E-state index contributed by atoms with van der Waals surface area (Å²) >= 11 is 0. The number of carbonyl (C=O) groups excluding carboxylic acids is 2. The van der Waals surface area contributed by atoms with Gasteiger partial charge in [0.1, 0.15) is 6.10 Å². The fourth-order valence-corrected chi connectivity index (χ4v) is 10.0. The Balaban J connectivity index is 1.41. The molecule has 3 N–H and O–H groups in total. The zero-order chi connectivity index (χ0) is 28.8. The number of esters is 1. The Bertz CT molecular complexity index is 1020. The molecule has 8 nitrogen and oxygen atoms in total. The van der Waals surface area contributed by atoms with Gasteiger partial charge in [0.2, 0.25) is 5.91 Å². The molecule has 39 heavy (non-hydrogen) atoms. The zero-order valence-corrected chi connectivity index (χ0v) is 25.7. The third-order valence-electron chi connectivity index (χ3n) is 12.0. The van der Waals surface area contributed by atoms with Crippen molar-refractivity contribution in [1.29, 1.82) is 0 Å². The minimum Gasteiger partial charge on any atom is -0.462 e. The second-order valence-corrected chi connectivity index (χ2v) is 15.5. The summed E-state index contributed by atoms with van der Waals surface area (Å²) in [5, 5.41) is 11.6. The van der Waals surface area contributed by atoms with Gasteiger partial charge in [0.05, 0.1) is 12.0 Å². The Morgan fingerprint density at radius 3 is 2.36 bits per heavy atom. The minimum absolute atomic E-state index is 0.0285. The quantitative estimate of drug-likeness (QED) is 0.350. The zero-order valence-electron chi connectivity index (χ0n) is 24.9. The van der Waals surface area contributed by atoms with Crippen molar-refractivity contribution >= 4 is 22.1 Å². The van der Waals surface area contributed by atoms with Gasteiger partial charge in [-0.25, -0.2) is 9.44 Å². The van der Waals surface area contributed by atoms with Crippen LogP contribution in [-0.4, -0.2) is 44.7 Å². The lowest BCUT2D eigenvalue weighted by atomic mass is 9.43. The minimum atomic E-state index is -3.77. The van der Waals surface area contributed by atoms with Crippen LogP contribution >= 0.6 is 0 Å². The van der Waals surface area contributed by atoms with Crippen molar-refractivity contribution in [1.82, 2.24) is 9.44 Å². The molecule has 0 aromatic heterocycles. The molecule has 0 radical (unpaired) electrons. The van der Waals surface area contributed by atoms with Crippen molar-refractivity contribution in [2.45, 2.75) is 117 Å². The first-order chi connectivity index (χ1) is 18.3. The molecule has 9 heteroatoms. The average molecular weight is 569 g/mol. The molecule has 4 rings (SSSR count). The molecule has 4 fully saturated rings. The fourth-order valence-electron chi connectivity index (χ4n) is 9.52. The van der Waals surface area contributed by atoms with E-state index in [4.69, 9.17) is 4.74 Å². The van der Waals surface area contributed by atoms with Crippen molar-refractivity contribution in [3.05, 3.63) is 0 Å². The molecule has 224 valence electrons. The van der Waals surface area contributed by atoms with Gasteiger partial charge in [0.15, 0.2) is 0 Å². The molecule has 0 bridgehead atoms. The van der Waals surface area contributed by atoms with Crippen LogP contribution in [0.1, 0.15) is 105 Å². The molecular weight excluding hydrogens is 516 g/mol. The third-order valence-corrected chi connectivity index (χ3v) is 13.1. The van der Waals surface area contributed by atoms with E-state index in [0.29, 0.717) is 41.9 Å². The summed E-state index contributed by atoms with van der Waals surface area (Å²) < 4.78 is 33.4. The van der Waals surface area contributed by atoms with Crippen LogP contribution in [0.4, 0.5) is 0 Å². The van der Waals surface area contributed by atoms with Crippen molar-refractivity contribution in [2.24, 2.45) is 52.3 Å². The standard InChI is InChI=1S/C30H52N2O6S/c1-7-18(2)28(35)38-21-12-14-29(4)20(16-21)17-25(33)27-23-10-9-22(30(23,5)15-13-24(27)29)19(3)8-11-26(34)32-39(36,37)31-6/h18-25,27,31,33H,7-17H2,1-6H3,(H,32,34)/t18?,19?,20?,21?,22?,23?,24?,25?,27?,29-,30+/m0/s1. The lowest BCUT2D eigenvalue weighted by Crippen LogP contribution is -2.58. The highest BCUT2D eigenvalue weighted by Crippen LogP contribution is 2.68. The van der Waals surface area contributed by atoms with Gasteiger partial charge >= 0.3 is 16.2 Å². The van der Waals surface area contributed by atoms with Crippen molar-refractivity contribution < 1.29 is 27.9 Å². The maximum absolute atomic E-state index is 12.5. The third kappa shape index (κ3) is 5.92. The SMILES string of the molecule is CCC(C)C(=O)OC1CC[C@@]2(C)C(C1)CC(O)C1C3CCC(C(C)CCC(=O)NS(=O)(=O)NC)[C@@]3(C)CCC12. The second kappa shape index (κ2) is 11.6. The monoisotopic (exact) mass is 568 g/mol. The number of rotatable bonds is 9. The van der Waals surface area contributed by atoms with E-state index in [1.54, 1.807) is 0 Å². The highest BCUT2D eigenvalue weighted by molar-refractivity contribution is 7.88. The van der Waals surface area contributed by atoms with E-state index in [-0.39, 0.29) is 41.3 Å². The number of aliphatic hydroxyl groups excluding tert-OH is 1. The predicted octanol–water partition coefficient (Wildman–Crippen LogP) is 4.57. The first kappa shape index (κ1) is 30.8. The van der Waals surface area contributed by atoms with Gasteiger partial charge in [-0.3, -0.25) is 9.59 Å². The molecule has 9 unspecified atom stereocenters. The Morgan fingerprint density at radius 2 is 1.69 bits per heavy atom. The Morgan fingerprint density at radius 1 is 1.03 bits per heavy atom. The number of fused-ring (bicyclic) bond motifs is 5. The maximum atomic E-state index is 12.5. The van der Waals surface area contributed by atoms with Crippen LogP contribution in [0.25, 0.3) is 0 Å². The van der Waals surface area contributed by atoms with Gasteiger partial charge < -0.3 is 9.84 Å². The van der Waals surface area contributed by atoms with Crippen LogP contribution < -0.4 is 9.44 Å². The Kier molecular flexibility index (Phi) is 9.14. The van der Waals surface area contributed by atoms with Crippen molar-refractivity contribution in [2.75, 3.05) is 7.05 Å². The topological polar surface area (TPSA) is 122 Å². The number of ether oxygens (including phenoxy) is 1.